The second kappa shape index (κ2) is 9.65. The Hall–Kier alpha value is -1.74. The van der Waals surface area contributed by atoms with Gasteiger partial charge in [0, 0.05) is 13.8 Å². The maximum atomic E-state index is 12.4. The topological polar surface area (TPSA) is 50.4 Å². The lowest BCUT2D eigenvalue weighted by atomic mass is 10.1. The first-order valence-corrected chi connectivity index (χ1v) is 11.2. The number of carbonyl (C=O) groups excluding carboxylic acids is 1. The lowest BCUT2D eigenvalue weighted by Gasteiger charge is -2.12. The number of rotatable bonds is 5. The van der Waals surface area contributed by atoms with Gasteiger partial charge in [-0.1, -0.05) is 46.3 Å². The van der Waals surface area contributed by atoms with Crippen LogP contribution in [0, 0.1) is 0 Å². The van der Waals surface area contributed by atoms with Crippen LogP contribution in [-0.2, 0) is 4.74 Å². The SMILES string of the molecule is CCOC(=O)c1cc(-c2ccccc2)sc1NC(=S)Nc1ccc(Br)cc1Br. The normalized spacial score (nSPS) is 10.4. The van der Waals surface area contributed by atoms with Crippen molar-refractivity contribution in [3.8, 4) is 10.4 Å². The van der Waals surface area contributed by atoms with E-state index in [0.717, 1.165) is 25.1 Å². The molecule has 1 heterocycles. The molecule has 8 heteroatoms. The number of nitrogens with one attached hydrogen (secondary N) is 2. The van der Waals surface area contributed by atoms with Gasteiger partial charge in [-0.05, 0) is 64.9 Å². The van der Waals surface area contributed by atoms with Crippen molar-refractivity contribution in [2.45, 2.75) is 6.92 Å². The molecule has 0 atom stereocenters. The zero-order valence-corrected chi connectivity index (χ0v) is 19.6. The molecule has 2 N–H and O–H groups in total. The van der Waals surface area contributed by atoms with E-state index in [0.29, 0.717) is 22.3 Å². The predicted octanol–water partition coefficient (Wildman–Crippen LogP) is 6.93. The number of esters is 1. The van der Waals surface area contributed by atoms with Gasteiger partial charge in [-0.2, -0.15) is 0 Å². The lowest BCUT2D eigenvalue weighted by molar-refractivity contribution is 0.0528. The highest BCUT2D eigenvalue weighted by molar-refractivity contribution is 9.11. The highest BCUT2D eigenvalue weighted by atomic mass is 79.9. The molecule has 0 aliphatic carbocycles. The first kappa shape index (κ1) is 21.0. The fraction of sp³-hybridized carbons (Fsp3) is 0.100. The lowest BCUT2D eigenvalue weighted by Crippen LogP contribution is -2.20. The first-order valence-electron chi connectivity index (χ1n) is 8.37. The van der Waals surface area contributed by atoms with Crippen molar-refractivity contribution in [1.82, 2.24) is 0 Å². The minimum atomic E-state index is -0.379. The van der Waals surface area contributed by atoms with E-state index in [2.05, 4.69) is 42.5 Å². The summed E-state index contributed by atoms with van der Waals surface area (Å²) in [4.78, 5) is 13.4. The standard InChI is InChI=1S/C20H16Br2N2O2S2/c1-2-26-19(25)14-11-17(12-6-4-3-5-7-12)28-18(14)24-20(27)23-16-9-8-13(21)10-15(16)22/h3-11H,2H2,1H3,(H2,23,24,27). The summed E-state index contributed by atoms with van der Waals surface area (Å²) in [6, 6.07) is 17.5. The number of ether oxygens (including phenoxy) is 1. The zero-order chi connectivity index (χ0) is 20.1. The molecule has 3 rings (SSSR count). The molecule has 144 valence electrons. The van der Waals surface area contributed by atoms with Crippen molar-refractivity contribution >= 4 is 77.2 Å². The molecular formula is C20H16Br2N2O2S2. The summed E-state index contributed by atoms with van der Waals surface area (Å²) in [5.41, 5.74) is 2.31. The molecule has 0 spiro atoms. The highest BCUT2D eigenvalue weighted by Gasteiger charge is 2.19. The van der Waals surface area contributed by atoms with Crippen molar-refractivity contribution in [2.24, 2.45) is 0 Å². The number of thiocarbonyl (C=S) groups is 1. The fourth-order valence-corrected chi connectivity index (χ4v) is 4.92. The third-order valence-corrected chi connectivity index (χ3v) is 6.15. The van der Waals surface area contributed by atoms with Crippen LogP contribution in [0.4, 0.5) is 10.7 Å². The van der Waals surface area contributed by atoms with Crippen LogP contribution in [0.1, 0.15) is 17.3 Å². The monoisotopic (exact) mass is 538 g/mol. The van der Waals surface area contributed by atoms with Gasteiger partial charge in [-0.3, -0.25) is 0 Å². The quantitative estimate of drug-likeness (QED) is 0.272. The summed E-state index contributed by atoms with van der Waals surface area (Å²) in [5, 5.41) is 7.30. The molecule has 0 bridgehead atoms. The third kappa shape index (κ3) is 5.20. The molecule has 3 aromatic rings. The van der Waals surface area contributed by atoms with Crippen molar-refractivity contribution in [3.63, 3.8) is 0 Å². The Kier molecular flexibility index (Phi) is 7.23. The Morgan fingerprint density at radius 1 is 1.11 bits per heavy atom. The van der Waals surface area contributed by atoms with Crippen LogP contribution in [-0.4, -0.2) is 17.7 Å². The summed E-state index contributed by atoms with van der Waals surface area (Å²) in [5.74, 6) is -0.379. The second-order valence-corrected chi connectivity index (χ2v) is 8.87. The number of anilines is 2. The number of benzene rings is 2. The summed E-state index contributed by atoms with van der Waals surface area (Å²) < 4.78 is 7.03. The molecule has 0 saturated carbocycles. The number of halogens is 2. The summed E-state index contributed by atoms with van der Waals surface area (Å²) in [7, 11) is 0. The van der Waals surface area contributed by atoms with Gasteiger partial charge in [-0.15, -0.1) is 11.3 Å². The van der Waals surface area contributed by atoms with Crippen LogP contribution in [0.25, 0.3) is 10.4 Å². The number of hydrogen-bond donors (Lipinski definition) is 2. The Labute approximate surface area is 189 Å². The van der Waals surface area contributed by atoms with Crippen molar-refractivity contribution in [2.75, 3.05) is 17.2 Å². The highest BCUT2D eigenvalue weighted by Crippen LogP contribution is 2.36. The van der Waals surface area contributed by atoms with Gasteiger partial charge in [0.05, 0.1) is 17.9 Å². The maximum absolute atomic E-state index is 12.4. The van der Waals surface area contributed by atoms with Crippen molar-refractivity contribution in [1.29, 1.82) is 0 Å². The van der Waals surface area contributed by atoms with E-state index in [1.54, 1.807) is 6.92 Å². The molecule has 28 heavy (non-hydrogen) atoms. The molecule has 0 saturated heterocycles. The van der Waals surface area contributed by atoms with Crippen LogP contribution in [0.3, 0.4) is 0 Å². The Bertz CT molecular complexity index is 1010. The summed E-state index contributed by atoms with van der Waals surface area (Å²) in [6.45, 7) is 2.09. The van der Waals surface area contributed by atoms with E-state index in [9.17, 15) is 4.79 Å². The van der Waals surface area contributed by atoms with E-state index in [1.165, 1.54) is 11.3 Å². The van der Waals surface area contributed by atoms with Gasteiger partial charge in [0.1, 0.15) is 5.00 Å². The Morgan fingerprint density at radius 3 is 2.54 bits per heavy atom. The first-order chi connectivity index (χ1) is 13.5. The summed E-state index contributed by atoms with van der Waals surface area (Å²) >= 11 is 13.8. The molecule has 0 radical (unpaired) electrons. The van der Waals surface area contributed by atoms with Crippen molar-refractivity contribution in [3.05, 3.63) is 69.1 Å². The van der Waals surface area contributed by atoms with Crippen LogP contribution >= 0.6 is 55.4 Å². The van der Waals surface area contributed by atoms with Gasteiger partial charge in [0.2, 0.25) is 0 Å². The molecule has 0 unspecified atom stereocenters. The van der Waals surface area contributed by atoms with E-state index in [-0.39, 0.29) is 5.97 Å². The van der Waals surface area contributed by atoms with Crippen LogP contribution in [0.15, 0.2) is 63.5 Å². The van der Waals surface area contributed by atoms with Gasteiger partial charge in [0.25, 0.3) is 0 Å². The predicted molar refractivity (Wildman–Crippen MR) is 127 cm³/mol. The Morgan fingerprint density at radius 2 is 1.86 bits per heavy atom. The molecule has 0 aliphatic heterocycles. The zero-order valence-electron chi connectivity index (χ0n) is 14.8. The average molecular weight is 540 g/mol. The maximum Gasteiger partial charge on any atom is 0.341 e. The molecule has 0 aliphatic rings. The molecule has 4 nitrogen and oxygen atoms in total. The van der Waals surface area contributed by atoms with E-state index >= 15 is 0 Å². The van der Waals surface area contributed by atoms with Crippen LogP contribution < -0.4 is 10.6 Å². The number of thiophene rings is 1. The van der Waals surface area contributed by atoms with Gasteiger partial charge in [-0.25, -0.2) is 4.79 Å². The minimum absolute atomic E-state index is 0.309. The largest absolute Gasteiger partial charge is 0.462 e. The molecular weight excluding hydrogens is 524 g/mol. The molecule has 0 fully saturated rings. The van der Waals surface area contributed by atoms with E-state index in [4.69, 9.17) is 17.0 Å². The van der Waals surface area contributed by atoms with Crippen molar-refractivity contribution < 1.29 is 9.53 Å². The summed E-state index contributed by atoms with van der Waals surface area (Å²) in [6.07, 6.45) is 0. The van der Waals surface area contributed by atoms with Gasteiger partial charge in [0.15, 0.2) is 5.11 Å². The smallest absolute Gasteiger partial charge is 0.341 e. The van der Waals surface area contributed by atoms with Gasteiger partial charge >= 0.3 is 5.97 Å². The van der Waals surface area contributed by atoms with E-state index in [1.807, 2.05) is 54.6 Å². The van der Waals surface area contributed by atoms with Crippen LogP contribution in [0.2, 0.25) is 0 Å². The van der Waals surface area contributed by atoms with Gasteiger partial charge < -0.3 is 15.4 Å². The number of carbonyl (C=O) groups is 1. The Balaban J connectivity index is 1.85. The fourth-order valence-electron chi connectivity index (χ4n) is 2.44. The molecule has 0 amide bonds. The average Bonchev–Trinajstić information content (AvgIpc) is 3.09. The number of hydrogen-bond acceptors (Lipinski definition) is 4. The second-order valence-electron chi connectivity index (χ2n) is 5.64. The minimum Gasteiger partial charge on any atom is -0.462 e. The van der Waals surface area contributed by atoms with Crippen LogP contribution in [0.5, 0.6) is 0 Å². The third-order valence-electron chi connectivity index (χ3n) is 3.69. The molecule has 2 aromatic carbocycles. The molecule has 1 aromatic heterocycles. The van der Waals surface area contributed by atoms with E-state index < -0.39 is 0 Å².